The summed E-state index contributed by atoms with van der Waals surface area (Å²) < 4.78 is 18.4. The summed E-state index contributed by atoms with van der Waals surface area (Å²) in [7, 11) is 3.70. The maximum absolute atomic E-state index is 13.4. The number of hydrogen-bond donors (Lipinski definition) is 1. The average molecular weight is 269 g/mol. The highest BCUT2D eigenvalue weighted by molar-refractivity contribution is 5.24. The number of halogens is 1. The van der Waals surface area contributed by atoms with Gasteiger partial charge >= 0.3 is 0 Å². The van der Waals surface area contributed by atoms with Crippen molar-refractivity contribution in [1.29, 1.82) is 0 Å². The van der Waals surface area contributed by atoms with Crippen molar-refractivity contribution in [2.45, 2.75) is 25.9 Å². The normalized spacial score (nSPS) is 12.9. The molecular formula is C15H24FNO2. The fourth-order valence-electron chi connectivity index (χ4n) is 1.92. The number of aliphatic hydroxyl groups is 1. The minimum absolute atomic E-state index is 0.259. The Balaban J connectivity index is 2.37. The van der Waals surface area contributed by atoms with Crippen LogP contribution in [0, 0.1) is 12.7 Å². The first-order valence-electron chi connectivity index (χ1n) is 6.66. The van der Waals surface area contributed by atoms with Gasteiger partial charge in [-0.1, -0.05) is 12.1 Å². The fourth-order valence-corrected chi connectivity index (χ4v) is 1.92. The Morgan fingerprint density at radius 3 is 2.74 bits per heavy atom. The first-order valence-corrected chi connectivity index (χ1v) is 6.66. The van der Waals surface area contributed by atoms with E-state index in [1.807, 2.05) is 7.05 Å². The SMILES string of the molecule is COCCCN(C)CCC(O)c1ccc(C)c(F)c1. The van der Waals surface area contributed by atoms with Crippen LogP contribution in [0.1, 0.15) is 30.1 Å². The second-order valence-electron chi connectivity index (χ2n) is 4.96. The van der Waals surface area contributed by atoms with Crippen LogP contribution in [0.4, 0.5) is 4.39 Å². The molecule has 1 aromatic carbocycles. The van der Waals surface area contributed by atoms with E-state index in [2.05, 4.69) is 4.90 Å². The van der Waals surface area contributed by atoms with Crippen molar-refractivity contribution in [2.24, 2.45) is 0 Å². The van der Waals surface area contributed by atoms with E-state index >= 15 is 0 Å². The number of nitrogens with zero attached hydrogens (tertiary/aromatic N) is 1. The van der Waals surface area contributed by atoms with E-state index < -0.39 is 6.10 Å². The number of aliphatic hydroxyl groups excluding tert-OH is 1. The molecule has 0 fully saturated rings. The van der Waals surface area contributed by atoms with Crippen molar-refractivity contribution in [2.75, 3.05) is 33.9 Å². The van der Waals surface area contributed by atoms with Gasteiger partial charge in [-0.3, -0.25) is 0 Å². The third-order valence-electron chi connectivity index (χ3n) is 3.25. The zero-order chi connectivity index (χ0) is 14.3. The largest absolute Gasteiger partial charge is 0.388 e. The molecule has 1 aromatic rings. The lowest BCUT2D eigenvalue weighted by molar-refractivity contribution is 0.141. The molecular weight excluding hydrogens is 245 g/mol. The van der Waals surface area contributed by atoms with Crippen LogP contribution in [-0.4, -0.2) is 43.9 Å². The number of aryl methyl sites for hydroxylation is 1. The van der Waals surface area contributed by atoms with Crippen LogP contribution in [0.2, 0.25) is 0 Å². The quantitative estimate of drug-likeness (QED) is 0.736. The highest BCUT2D eigenvalue weighted by Crippen LogP contribution is 2.19. The summed E-state index contributed by atoms with van der Waals surface area (Å²) in [6, 6.07) is 4.91. The van der Waals surface area contributed by atoms with Gasteiger partial charge in [-0.25, -0.2) is 4.39 Å². The summed E-state index contributed by atoms with van der Waals surface area (Å²) in [4.78, 5) is 2.15. The number of rotatable bonds is 8. The van der Waals surface area contributed by atoms with Gasteiger partial charge < -0.3 is 14.7 Å². The first kappa shape index (κ1) is 16.1. The minimum atomic E-state index is -0.611. The standard InChI is InChI=1S/C15H24FNO2/c1-12-5-6-13(11-14(12)16)15(18)7-9-17(2)8-4-10-19-3/h5-6,11,15,18H,4,7-10H2,1-3H3. The summed E-state index contributed by atoms with van der Waals surface area (Å²) in [6.07, 6.45) is 0.966. The average Bonchev–Trinajstić information content (AvgIpc) is 2.39. The molecule has 1 N–H and O–H groups in total. The number of hydrogen-bond acceptors (Lipinski definition) is 3. The third-order valence-corrected chi connectivity index (χ3v) is 3.25. The van der Waals surface area contributed by atoms with Gasteiger partial charge in [0.05, 0.1) is 6.10 Å². The molecule has 1 rings (SSSR count). The summed E-state index contributed by atoms with van der Waals surface area (Å²) in [5.41, 5.74) is 1.25. The Morgan fingerprint density at radius 1 is 1.37 bits per heavy atom. The zero-order valence-corrected chi connectivity index (χ0v) is 12.0. The van der Waals surface area contributed by atoms with E-state index in [4.69, 9.17) is 4.74 Å². The lowest BCUT2D eigenvalue weighted by atomic mass is 10.0. The minimum Gasteiger partial charge on any atom is -0.388 e. The van der Waals surface area contributed by atoms with Crippen molar-refractivity contribution in [3.05, 3.63) is 35.1 Å². The number of benzene rings is 1. The molecule has 0 heterocycles. The summed E-state index contributed by atoms with van der Waals surface area (Å²) in [5.74, 6) is -0.259. The number of ether oxygens (including phenoxy) is 1. The van der Waals surface area contributed by atoms with Crippen LogP contribution in [0.3, 0.4) is 0 Å². The van der Waals surface area contributed by atoms with E-state index in [0.29, 0.717) is 17.5 Å². The van der Waals surface area contributed by atoms with E-state index in [1.54, 1.807) is 26.2 Å². The van der Waals surface area contributed by atoms with E-state index in [0.717, 1.165) is 26.1 Å². The van der Waals surface area contributed by atoms with Gasteiger partial charge in [0.2, 0.25) is 0 Å². The van der Waals surface area contributed by atoms with Crippen molar-refractivity contribution >= 4 is 0 Å². The van der Waals surface area contributed by atoms with Crippen LogP contribution in [0.5, 0.6) is 0 Å². The molecule has 0 radical (unpaired) electrons. The van der Waals surface area contributed by atoms with Crippen LogP contribution < -0.4 is 0 Å². The molecule has 0 aromatic heterocycles. The van der Waals surface area contributed by atoms with Crippen LogP contribution in [0.15, 0.2) is 18.2 Å². The maximum atomic E-state index is 13.4. The molecule has 0 spiro atoms. The molecule has 0 aliphatic rings. The fraction of sp³-hybridized carbons (Fsp3) is 0.600. The van der Waals surface area contributed by atoms with Crippen molar-refractivity contribution in [3.8, 4) is 0 Å². The Kier molecular flexibility index (Phi) is 6.99. The van der Waals surface area contributed by atoms with Gasteiger partial charge in [0, 0.05) is 26.8 Å². The van der Waals surface area contributed by atoms with Crippen molar-refractivity contribution < 1.29 is 14.2 Å². The maximum Gasteiger partial charge on any atom is 0.126 e. The number of methoxy groups -OCH3 is 1. The summed E-state index contributed by atoms with van der Waals surface area (Å²) in [6.45, 7) is 4.17. The highest BCUT2D eigenvalue weighted by Gasteiger charge is 2.10. The van der Waals surface area contributed by atoms with Gasteiger partial charge in [-0.2, -0.15) is 0 Å². The molecule has 0 aliphatic carbocycles. The topological polar surface area (TPSA) is 32.7 Å². The third kappa shape index (κ3) is 5.68. The van der Waals surface area contributed by atoms with Crippen LogP contribution in [0.25, 0.3) is 0 Å². The first-order chi connectivity index (χ1) is 9.04. The Hall–Kier alpha value is -0.970. The molecule has 3 nitrogen and oxygen atoms in total. The van der Waals surface area contributed by atoms with Crippen molar-refractivity contribution in [1.82, 2.24) is 4.90 Å². The smallest absolute Gasteiger partial charge is 0.126 e. The predicted molar refractivity (Wildman–Crippen MR) is 74.7 cm³/mol. The Bertz CT molecular complexity index is 384. The van der Waals surface area contributed by atoms with Gasteiger partial charge in [0.1, 0.15) is 5.82 Å². The Morgan fingerprint density at radius 2 is 2.11 bits per heavy atom. The lowest BCUT2D eigenvalue weighted by Crippen LogP contribution is -2.23. The van der Waals surface area contributed by atoms with Gasteiger partial charge in [-0.15, -0.1) is 0 Å². The lowest BCUT2D eigenvalue weighted by Gasteiger charge is -2.19. The zero-order valence-electron chi connectivity index (χ0n) is 12.0. The Labute approximate surface area is 115 Å². The van der Waals surface area contributed by atoms with E-state index in [-0.39, 0.29) is 5.82 Å². The monoisotopic (exact) mass is 269 g/mol. The molecule has 0 saturated carbocycles. The summed E-state index contributed by atoms with van der Waals surface area (Å²) in [5, 5.41) is 10.0. The van der Waals surface area contributed by atoms with Crippen LogP contribution in [-0.2, 0) is 4.74 Å². The van der Waals surface area contributed by atoms with Crippen LogP contribution >= 0.6 is 0 Å². The molecule has 1 unspecified atom stereocenters. The second-order valence-corrected chi connectivity index (χ2v) is 4.96. The van der Waals surface area contributed by atoms with Gasteiger partial charge in [0.25, 0.3) is 0 Å². The molecule has 1 atom stereocenters. The van der Waals surface area contributed by atoms with Gasteiger partial charge in [0.15, 0.2) is 0 Å². The van der Waals surface area contributed by atoms with E-state index in [9.17, 15) is 9.50 Å². The second kappa shape index (κ2) is 8.25. The molecule has 0 bridgehead atoms. The molecule has 108 valence electrons. The van der Waals surface area contributed by atoms with Crippen molar-refractivity contribution in [3.63, 3.8) is 0 Å². The highest BCUT2D eigenvalue weighted by atomic mass is 19.1. The van der Waals surface area contributed by atoms with Gasteiger partial charge in [-0.05, 0) is 44.0 Å². The molecule has 4 heteroatoms. The molecule has 0 amide bonds. The molecule has 0 saturated heterocycles. The van der Waals surface area contributed by atoms with E-state index in [1.165, 1.54) is 6.07 Å². The molecule has 0 aliphatic heterocycles. The molecule has 19 heavy (non-hydrogen) atoms. The predicted octanol–water partition coefficient (Wildman–Crippen LogP) is 2.53. The summed E-state index contributed by atoms with van der Waals surface area (Å²) >= 11 is 0.